The number of carbonyl (C=O) groups excluding carboxylic acids is 1. The molecule has 2 aliphatic heterocycles. The van der Waals surface area contributed by atoms with Gasteiger partial charge in [-0.3, -0.25) is 9.69 Å². The summed E-state index contributed by atoms with van der Waals surface area (Å²) >= 11 is 0. The lowest BCUT2D eigenvalue weighted by Gasteiger charge is -2.31. The van der Waals surface area contributed by atoms with Gasteiger partial charge in [-0.25, -0.2) is 0 Å². The minimum Gasteiger partial charge on any atom is -0.497 e. The maximum absolute atomic E-state index is 12.9. The van der Waals surface area contributed by atoms with E-state index in [4.69, 9.17) is 14.2 Å². The molecule has 6 nitrogen and oxygen atoms in total. The number of amides is 1. The molecule has 1 aromatic carbocycles. The molecule has 0 radical (unpaired) electrons. The molecule has 1 N–H and O–H groups in total. The summed E-state index contributed by atoms with van der Waals surface area (Å²) in [6.45, 7) is 3.94. The normalized spacial score (nSPS) is 25.7. The van der Waals surface area contributed by atoms with E-state index in [1.54, 1.807) is 7.11 Å². The number of benzene rings is 1. The number of rotatable bonds is 6. The van der Waals surface area contributed by atoms with Gasteiger partial charge in [-0.15, -0.1) is 0 Å². The molecule has 2 saturated heterocycles. The van der Waals surface area contributed by atoms with E-state index in [9.17, 15) is 4.79 Å². The largest absolute Gasteiger partial charge is 0.497 e. The van der Waals surface area contributed by atoms with Crippen molar-refractivity contribution in [3.05, 3.63) is 29.8 Å². The second-order valence-corrected chi connectivity index (χ2v) is 7.73. The Hall–Kier alpha value is -1.63. The van der Waals surface area contributed by atoms with Gasteiger partial charge in [0.1, 0.15) is 5.75 Å². The van der Waals surface area contributed by atoms with Crippen LogP contribution >= 0.6 is 0 Å². The van der Waals surface area contributed by atoms with Crippen molar-refractivity contribution in [2.45, 2.75) is 43.9 Å². The van der Waals surface area contributed by atoms with E-state index in [0.29, 0.717) is 19.8 Å². The van der Waals surface area contributed by atoms with Crippen LogP contribution in [0.5, 0.6) is 5.75 Å². The first-order valence-corrected chi connectivity index (χ1v) is 10.2. The molecule has 1 aliphatic carbocycles. The first-order valence-electron chi connectivity index (χ1n) is 10.2. The Morgan fingerprint density at radius 2 is 1.93 bits per heavy atom. The smallest absolute Gasteiger partial charge is 0.228 e. The predicted octanol–water partition coefficient (Wildman–Crippen LogP) is 2.49. The second kappa shape index (κ2) is 8.17. The van der Waals surface area contributed by atoms with E-state index in [1.807, 2.05) is 12.1 Å². The highest BCUT2D eigenvalue weighted by molar-refractivity contribution is 5.80. The summed E-state index contributed by atoms with van der Waals surface area (Å²) in [5.41, 5.74) is 1.22. The molecular weight excluding hydrogens is 344 g/mol. The maximum Gasteiger partial charge on any atom is 0.228 e. The maximum atomic E-state index is 12.9. The Kier molecular flexibility index (Phi) is 5.66. The fourth-order valence-electron chi connectivity index (χ4n) is 4.75. The quantitative estimate of drug-likeness (QED) is 0.829. The highest BCUT2D eigenvalue weighted by Crippen LogP contribution is 2.42. The summed E-state index contributed by atoms with van der Waals surface area (Å²) in [7, 11) is 1.68. The molecule has 3 aliphatic rings. The first-order chi connectivity index (χ1) is 13.2. The van der Waals surface area contributed by atoms with Gasteiger partial charge in [-0.2, -0.15) is 0 Å². The zero-order valence-electron chi connectivity index (χ0n) is 16.1. The number of likely N-dealkylation sites (tertiary alicyclic amines) is 1. The molecule has 2 atom stereocenters. The Morgan fingerprint density at radius 1 is 1.22 bits per heavy atom. The van der Waals surface area contributed by atoms with Crippen LogP contribution in [0, 0.1) is 5.92 Å². The number of nitrogens with zero attached hydrogens (tertiary/aromatic N) is 1. The lowest BCUT2D eigenvalue weighted by molar-refractivity contribution is -0.186. The van der Waals surface area contributed by atoms with Gasteiger partial charge in [-0.1, -0.05) is 12.1 Å². The molecule has 1 saturated carbocycles. The third-order valence-electron chi connectivity index (χ3n) is 6.19. The van der Waals surface area contributed by atoms with Crippen LogP contribution in [0.2, 0.25) is 0 Å². The number of methoxy groups -OCH3 is 1. The molecule has 0 unspecified atom stereocenters. The van der Waals surface area contributed by atoms with Crippen LogP contribution in [0.1, 0.15) is 43.7 Å². The molecular formula is C21H30N2O4. The van der Waals surface area contributed by atoms with Crippen LogP contribution < -0.4 is 10.1 Å². The molecule has 1 aromatic rings. The van der Waals surface area contributed by atoms with Crippen LogP contribution in [0.15, 0.2) is 24.3 Å². The Labute approximate surface area is 161 Å². The van der Waals surface area contributed by atoms with E-state index in [1.165, 1.54) is 18.4 Å². The number of hydrogen-bond acceptors (Lipinski definition) is 5. The van der Waals surface area contributed by atoms with Gasteiger partial charge in [0.15, 0.2) is 5.79 Å². The van der Waals surface area contributed by atoms with Crippen LogP contribution in [-0.4, -0.2) is 56.6 Å². The van der Waals surface area contributed by atoms with Gasteiger partial charge in [0.25, 0.3) is 0 Å². The van der Waals surface area contributed by atoms with Crippen LogP contribution in [-0.2, 0) is 14.3 Å². The lowest BCUT2D eigenvalue weighted by Crippen LogP contribution is -2.46. The van der Waals surface area contributed by atoms with E-state index < -0.39 is 5.79 Å². The highest BCUT2D eigenvalue weighted by Gasteiger charge is 2.51. The molecule has 1 spiro atoms. The van der Waals surface area contributed by atoms with Crippen molar-refractivity contribution < 1.29 is 19.0 Å². The SMILES string of the molecule is COc1ccc([C@H](CNC(=O)[C@@H]2CCCC23OCCO3)N2CCCC2)cc1. The van der Waals surface area contributed by atoms with E-state index in [0.717, 1.165) is 38.1 Å². The molecule has 4 rings (SSSR count). The Balaban J connectivity index is 1.44. The molecule has 1 amide bonds. The Morgan fingerprint density at radius 3 is 2.59 bits per heavy atom. The van der Waals surface area contributed by atoms with E-state index >= 15 is 0 Å². The minimum absolute atomic E-state index is 0.0621. The summed E-state index contributed by atoms with van der Waals surface area (Å²) in [6.07, 6.45) is 5.07. The van der Waals surface area contributed by atoms with Crippen LogP contribution in [0.3, 0.4) is 0 Å². The fraction of sp³-hybridized carbons (Fsp3) is 0.667. The van der Waals surface area contributed by atoms with Gasteiger partial charge in [0.2, 0.25) is 5.91 Å². The molecule has 148 valence electrons. The third-order valence-corrected chi connectivity index (χ3v) is 6.19. The van der Waals surface area contributed by atoms with Crippen molar-refractivity contribution in [1.29, 1.82) is 0 Å². The van der Waals surface area contributed by atoms with Crippen molar-refractivity contribution in [3.63, 3.8) is 0 Å². The minimum atomic E-state index is -0.673. The van der Waals surface area contributed by atoms with Crippen LogP contribution in [0.25, 0.3) is 0 Å². The fourth-order valence-corrected chi connectivity index (χ4v) is 4.75. The van der Waals surface area contributed by atoms with Crippen LogP contribution in [0.4, 0.5) is 0 Å². The van der Waals surface area contributed by atoms with Gasteiger partial charge < -0.3 is 19.5 Å². The van der Waals surface area contributed by atoms with Crippen molar-refractivity contribution in [2.75, 3.05) is 40.0 Å². The number of nitrogens with one attached hydrogen (secondary N) is 1. The summed E-state index contributed by atoms with van der Waals surface area (Å²) < 4.78 is 17.0. The molecule has 0 bridgehead atoms. The second-order valence-electron chi connectivity index (χ2n) is 7.73. The summed E-state index contributed by atoms with van der Waals surface area (Å²) in [5, 5.41) is 3.21. The zero-order chi connectivity index (χ0) is 18.7. The summed E-state index contributed by atoms with van der Waals surface area (Å²) in [4.78, 5) is 15.4. The number of hydrogen-bond donors (Lipinski definition) is 1. The predicted molar refractivity (Wildman–Crippen MR) is 102 cm³/mol. The Bertz CT molecular complexity index is 631. The average molecular weight is 374 g/mol. The number of ether oxygens (including phenoxy) is 3. The van der Waals surface area contributed by atoms with Gasteiger partial charge >= 0.3 is 0 Å². The molecule has 6 heteroatoms. The molecule has 27 heavy (non-hydrogen) atoms. The van der Waals surface area contributed by atoms with Gasteiger partial charge in [0.05, 0.1) is 32.3 Å². The average Bonchev–Trinajstić information content (AvgIpc) is 3.46. The van der Waals surface area contributed by atoms with Crippen molar-refractivity contribution in [3.8, 4) is 5.75 Å². The lowest BCUT2D eigenvalue weighted by atomic mass is 10.0. The zero-order valence-corrected chi connectivity index (χ0v) is 16.1. The standard InChI is InChI=1S/C21H30N2O4/c1-25-17-8-6-16(7-9-17)19(23-11-2-3-12-23)15-22-20(24)18-5-4-10-21(18)26-13-14-27-21/h6-9,18-19H,2-5,10-15H2,1H3,(H,22,24)/t18-,19-/m0/s1. The first kappa shape index (κ1) is 18.7. The van der Waals surface area contributed by atoms with Crippen molar-refractivity contribution in [2.24, 2.45) is 5.92 Å². The third kappa shape index (κ3) is 3.84. The van der Waals surface area contributed by atoms with Gasteiger partial charge in [-0.05, 0) is 56.5 Å². The monoisotopic (exact) mass is 374 g/mol. The summed E-state index contributed by atoms with van der Waals surface area (Å²) in [5.74, 6) is 0.0430. The topological polar surface area (TPSA) is 60.0 Å². The number of carbonyl (C=O) groups is 1. The highest BCUT2D eigenvalue weighted by atomic mass is 16.7. The molecule has 3 fully saturated rings. The van der Waals surface area contributed by atoms with E-state index in [-0.39, 0.29) is 17.9 Å². The van der Waals surface area contributed by atoms with Crippen molar-refractivity contribution >= 4 is 5.91 Å². The molecule has 0 aromatic heterocycles. The van der Waals surface area contributed by atoms with E-state index in [2.05, 4.69) is 22.3 Å². The summed E-state index contributed by atoms with van der Waals surface area (Å²) in [6, 6.07) is 8.38. The van der Waals surface area contributed by atoms with Crippen molar-refractivity contribution in [1.82, 2.24) is 10.2 Å². The van der Waals surface area contributed by atoms with Gasteiger partial charge in [0, 0.05) is 13.0 Å². The molecule has 2 heterocycles.